The highest BCUT2D eigenvalue weighted by atomic mass is 32.1. The number of benzene rings is 1. The molecule has 0 spiro atoms. The van der Waals surface area contributed by atoms with Gasteiger partial charge in [0.15, 0.2) is 5.13 Å². The molecule has 0 radical (unpaired) electrons. The van der Waals surface area contributed by atoms with Crippen LogP contribution in [0.3, 0.4) is 0 Å². The van der Waals surface area contributed by atoms with Crippen molar-refractivity contribution in [3.8, 4) is 5.75 Å². The highest BCUT2D eigenvalue weighted by molar-refractivity contribution is 7.14. The third-order valence-electron chi connectivity index (χ3n) is 2.88. The van der Waals surface area contributed by atoms with Gasteiger partial charge in [-0.3, -0.25) is 9.69 Å². The number of anilines is 2. The first kappa shape index (κ1) is 17.4. The Morgan fingerprint density at radius 2 is 2.00 bits per heavy atom. The number of amides is 2. The molecule has 2 amide bonds. The van der Waals surface area contributed by atoms with Crippen LogP contribution >= 0.6 is 11.3 Å². The Kier molecular flexibility index (Phi) is 5.85. The Morgan fingerprint density at radius 3 is 2.58 bits per heavy atom. The second-order valence-corrected chi connectivity index (χ2v) is 5.31. The SMILES string of the molecule is COC(=O)N/N=C\c1csc(N(C(C)=O)c2ccc(OC)cc2)n1. The molecule has 2 rings (SSSR count). The fraction of sp³-hybridized carbons (Fsp3) is 0.200. The van der Waals surface area contributed by atoms with Gasteiger partial charge in [0, 0.05) is 12.3 Å². The van der Waals surface area contributed by atoms with Crippen LogP contribution in [-0.4, -0.2) is 37.4 Å². The molecule has 126 valence electrons. The van der Waals surface area contributed by atoms with Crippen LogP contribution in [0.15, 0.2) is 34.7 Å². The molecule has 0 aliphatic rings. The van der Waals surface area contributed by atoms with Crippen LogP contribution in [0.5, 0.6) is 5.75 Å². The van der Waals surface area contributed by atoms with Gasteiger partial charge in [-0.25, -0.2) is 15.2 Å². The van der Waals surface area contributed by atoms with Crippen molar-refractivity contribution in [2.24, 2.45) is 5.10 Å². The van der Waals surface area contributed by atoms with Gasteiger partial charge in [-0.15, -0.1) is 11.3 Å². The highest BCUT2D eigenvalue weighted by Gasteiger charge is 2.17. The predicted octanol–water partition coefficient (Wildman–Crippen LogP) is 2.53. The largest absolute Gasteiger partial charge is 0.497 e. The number of ether oxygens (including phenoxy) is 2. The number of nitrogens with zero attached hydrogens (tertiary/aromatic N) is 3. The summed E-state index contributed by atoms with van der Waals surface area (Å²) in [5.41, 5.74) is 3.35. The van der Waals surface area contributed by atoms with E-state index in [0.29, 0.717) is 22.3 Å². The standard InChI is InChI=1S/C15H16N4O4S/c1-10(20)19(12-4-6-13(22-2)7-5-12)14-17-11(9-24-14)8-16-18-15(21)23-3/h4-9H,1-3H3,(H,18,21)/b16-8-. The third kappa shape index (κ3) is 4.29. The van der Waals surface area contributed by atoms with Gasteiger partial charge < -0.3 is 9.47 Å². The van der Waals surface area contributed by atoms with Crippen LogP contribution < -0.4 is 15.1 Å². The molecule has 2 aromatic rings. The van der Waals surface area contributed by atoms with Crippen molar-refractivity contribution >= 4 is 40.4 Å². The number of hydrazone groups is 1. The Hall–Kier alpha value is -2.94. The van der Waals surface area contributed by atoms with Crippen LogP contribution in [0.1, 0.15) is 12.6 Å². The maximum atomic E-state index is 12.0. The fourth-order valence-electron chi connectivity index (χ4n) is 1.79. The van der Waals surface area contributed by atoms with Gasteiger partial charge in [0.05, 0.1) is 31.8 Å². The molecule has 0 aliphatic carbocycles. The number of carbonyl (C=O) groups excluding carboxylic acids is 2. The van der Waals surface area contributed by atoms with Crippen molar-refractivity contribution in [2.45, 2.75) is 6.92 Å². The zero-order valence-electron chi connectivity index (χ0n) is 13.3. The zero-order valence-corrected chi connectivity index (χ0v) is 14.2. The monoisotopic (exact) mass is 348 g/mol. The van der Waals surface area contributed by atoms with E-state index in [1.54, 1.807) is 36.8 Å². The Morgan fingerprint density at radius 1 is 1.29 bits per heavy atom. The van der Waals surface area contributed by atoms with Crippen molar-refractivity contribution < 1.29 is 19.1 Å². The first-order chi connectivity index (χ1) is 11.5. The number of nitrogens with one attached hydrogen (secondary N) is 1. The molecule has 8 nitrogen and oxygen atoms in total. The van der Waals surface area contributed by atoms with Crippen LogP contribution in [0, 0.1) is 0 Å². The zero-order chi connectivity index (χ0) is 17.5. The summed E-state index contributed by atoms with van der Waals surface area (Å²) in [4.78, 5) is 28.7. The van der Waals surface area contributed by atoms with E-state index in [1.807, 2.05) is 0 Å². The van der Waals surface area contributed by atoms with Crippen molar-refractivity contribution in [1.82, 2.24) is 10.4 Å². The molecular weight excluding hydrogens is 332 g/mol. The maximum Gasteiger partial charge on any atom is 0.427 e. The smallest absolute Gasteiger partial charge is 0.427 e. The molecular formula is C15H16N4O4S. The number of hydrogen-bond donors (Lipinski definition) is 1. The van der Waals surface area contributed by atoms with Gasteiger partial charge in [-0.2, -0.15) is 5.10 Å². The molecule has 0 unspecified atom stereocenters. The summed E-state index contributed by atoms with van der Waals surface area (Å²) in [6, 6.07) is 7.07. The van der Waals surface area contributed by atoms with Crippen LogP contribution in [0.4, 0.5) is 15.6 Å². The Labute approximate surface area is 142 Å². The minimum Gasteiger partial charge on any atom is -0.497 e. The molecule has 0 atom stereocenters. The summed E-state index contributed by atoms with van der Waals surface area (Å²) < 4.78 is 9.51. The van der Waals surface area contributed by atoms with Crippen molar-refractivity contribution in [3.05, 3.63) is 35.3 Å². The molecule has 0 bridgehead atoms. The molecule has 9 heteroatoms. The van der Waals surface area contributed by atoms with E-state index in [2.05, 4.69) is 20.2 Å². The number of aromatic nitrogens is 1. The summed E-state index contributed by atoms with van der Waals surface area (Å²) in [7, 11) is 2.82. The second kappa shape index (κ2) is 8.06. The van der Waals surface area contributed by atoms with Gasteiger partial charge in [0.1, 0.15) is 5.75 Å². The van der Waals surface area contributed by atoms with Gasteiger partial charge in [-0.05, 0) is 24.3 Å². The predicted molar refractivity (Wildman–Crippen MR) is 91.1 cm³/mol. The molecule has 1 aromatic heterocycles. The number of methoxy groups -OCH3 is 2. The van der Waals surface area contributed by atoms with E-state index in [1.165, 1.54) is 36.5 Å². The van der Waals surface area contributed by atoms with Crippen molar-refractivity contribution in [3.63, 3.8) is 0 Å². The van der Waals surface area contributed by atoms with Crippen LogP contribution in [0.25, 0.3) is 0 Å². The van der Waals surface area contributed by atoms with E-state index in [9.17, 15) is 9.59 Å². The molecule has 0 aliphatic heterocycles. The highest BCUT2D eigenvalue weighted by Crippen LogP contribution is 2.29. The van der Waals surface area contributed by atoms with Gasteiger partial charge in [-0.1, -0.05) is 0 Å². The van der Waals surface area contributed by atoms with Gasteiger partial charge in [0.25, 0.3) is 0 Å². The summed E-state index contributed by atoms with van der Waals surface area (Å²) in [5, 5.41) is 5.91. The minimum atomic E-state index is -0.676. The van der Waals surface area contributed by atoms with E-state index < -0.39 is 6.09 Å². The summed E-state index contributed by atoms with van der Waals surface area (Å²) in [5.74, 6) is 0.522. The lowest BCUT2D eigenvalue weighted by Gasteiger charge is -2.18. The summed E-state index contributed by atoms with van der Waals surface area (Å²) in [6.07, 6.45) is 0.689. The topological polar surface area (TPSA) is 93.1 Å². The lowest BCUT2D eigenvalue weighted by atomic mass is 10.3. The minimum absolute atomic E-state index is 0.175. The number of carbonyl (C=O) groups is 2. The normalized spacial score (nSPS) is 10.5. The van der Waals surface area contributed by atoms with Gasteiger partial charge >= 0.3 is 6.09 Å². The quantitative estimate of drug-likeness (QED) is 0.662. The van der Waals surface area contributed by atoms with Crippen molar-refractivity contribution in [1.29, 1.82) is 0 Å². The first-order valence-corrected chi connectivity index (χ1v) is 7.70. The molecule has 24 heavy (non-hydrogen) atoms. The lowest BCUT2D eigenvalue weighted by Crippen LogP contribution is -2.22. The number of hydrogen-bond acceptors (Lipinski definition) is 7. The molecule has 0 saturated heterocycles. The fourth-order valence-corrected chi connectivity index (χ4v) is 2.63. The molecule has 0 fully saturated rings. The number of thiazole rings is 1. The molecule has 1 N–H and O–H groups in total. The second-order valence-electron chi connectivity index (χ2n) is 4.47. The van der Waals surface area contributed by atoms with E-state index >= 15 is 0 Å². The van der Waals surface area contributed by atoms with Crippen LogP contribution in [0.2, 0.25) is 0 Å². The van der Waals surface area contributed by atoms with E-state index in [4.69, 9.17) is 4.74 Å². The van der Waals surface area contributed by atoms with Gasteiger partial charge in [0.2, 0.25) is 5.91 Å². The molecule has 0 saturated carbocycles. The average Bonchev–Trinajstić information content (AvgIpc) is 3.03. The first-order valence-electron chi connectivity index (χ1n) is 6.82. The molecule has 1 heterocycles. The summed E-state index contributed by atoms with van der Waals surface area (Å²) in [6.45, 7) is 1.46. The lowest BCUT2D eigenvalue weighted by molar-refractivity contribution is -0.115. The number of rotatable bonds is 5. The van der Waals surface area contributed by atoms with Crippen LogP contribution in [-0.2, 0) is 9.53 Å². The average molecular weight is 348 g/mol. The molecule has 1 aromatic carbocycles. The van der Waals surface area contributed by atoms with E-state index in [-0.39, 0.29) is 5.91 Å². The van der Waals surface area contributed by atoms with Crippen molar-refractivity contribution in [2.75, 3.05) is 19.1 Å². The Bertz CT molecular complexity index is 742. The summed E-state index contributed by atoms with van der Waals surface area (Å²) >= 11 is 1.28. The Balaban J connectivity index is 2.19. The van der Waals surface area contributed by atoms with E-state index in [0.717, 1.165) is 0 Å². The third-order valence-corrected chi connectivity index (χ3v) is 3.73. The maximum absolute atomic E-state index is 12.0.